The zero-order chi connectivity index (χ0) is 15.2. The first-order valence-corrected chi connectivity index (χ1v) is 7.94. The number of benzene rings is 1. The number of halogens is 1. The molecular formula is C11H16ClN3O4S. The third-order valence-corrected chi connectivity index (χ3v) is 2.98. The lowest BCUT2D eigenvalue weighted by Gasteiger charge is -2.10. The van der Waals surface area contributed by atoms with E-state index in [0.29, 0.717) is 17.9 Å². The summed E-state index contributed by atoms with van der Waals surface area (Å²) in [5.41, 5.74) is 5.82. The lowest BCUT2D eigenvalue weighted by molar-refractivity contribution is -0.120. The second kappa shape index (κ2) is 7.44. The van der Waals surface area contributed by atoms with Crippen LogP contribution in [0.25, 0.3) is 0 Å². The number of rotatable bonds is 7. The van der Waals surface area contributed by atoms with Gasteiger partial charge in [0.05, 0.1) is 29.3 Å². The van der Waals surface area contributed by atoms with Crippen LogP contribution in [0, 0.1) is 0 Å². The molecule has 0 aliphatic rings. The predicted molar refractivity (Wildman–Crippen MR) is 78.4 cm³/mol. The maximum absolute atomic E-state index is 11.6. The van der Waals surface area contributed by atoms with Crippen molar-refractivity contribution in [3.63, 3.8) is 0 Å². The van der Waals surface area contributed by atoms with E-state index < -0.39 is 15.9 Å². The van der Waals surface area contributed by atoms with Crippen LogP contribution < -0.4 is 15.8 Å². The highest BCUT2D eigenvalue weighted by atomic mass is 35.5. The molecule has 0 spiro atoms. The number of carbonyl (C=O) groups excluding carboxylic acids is 1. The number of nitrogens with two attached hydrogens (primary N) is 1. The first-order valence-electron chi connectivity index (χ1n) is 5.67. The molecule has 0 atom stereocenters. The van der Waals surface area contributed by atoms with Crippen LogP contribution in [0.2, 0.25) is 5.02 Å². The van der Waals surface area contributed by atoms with Crippen LogP contribution in [-0.2, 0) is 19.6 Å². The molecule has 0 saturated heterocycles. The summed E-state index contributed by atoms with van der Waals surface area (Å²) in [6.45, 7) is 0.440. The van der Waals surface area contributed by atoms with Gasteiger partial charge in [0.25, 0.3) is 0 Å². The molecule has 112 valence electrons. The fourth-order valence-corrected chi connectivity index (χ4v) is 2.05. The van der Waals surface area contributed by atoms with Gasteiger partial charge in [0.2, 0.25) is 15.9 Å². The third kappa shape index (κ3) is 6.20. The number of hydrogen-bond donors (Lipinski definition) is 3. The monoisotopic (exact) mass is 321 g/mol. The molecule has 4 N–H and O–H groups in total. The highest BCUT2D eigenvalue weighted by Gasteiger charge is 2.09. The van der Waals surface area contributed by atoms with E-state index in [9.17, 15) is 13.2 Å². The molecule has 0 saturated carbocycles. The fraction of sp³-hybridized carbons (Fsp3) is 0.364. The number of amides is 1. The number of hydrogen-bond acceptors (Lipinski definition) is 5. The van der Waals surface area contributed by atoms with Crippen molar-refractivity contribution in [1.29, 1.82) is 0 Å². The quantitative estimate of drug-likeness (QED) is 0.638. The van der Waals surface area contributed by atoms with Crippen LogP contribution in [0.3, 0.4) is 0 Å². The molecule has 1 aromatic carbocycles. The van der Waals surface area contributed by atoms with Crippen LogP contribution in [0.5, 0.6) is 0 Å². The normalized spacial score (nSPS) is 11.2. The van der Waals surface area contributed by atoms with Crippen molar-refractivity contribution in [3.05, 3.63) is 23.2 Å². The van der Waals surface area contributed by atoms with Crippen LogP contribution in [0.4, 0.5) is 11.4 Å². The second-order valence-corrected chi connectivity index (χ2v) is 6.11. The first-order chi connectivity index (χ1) is 9.31. The van der Waals surface area contributed by atoms with Crippen LogP contribution in [0.15, 0.2) is 18.2 Å². The summed E-state index contributed by atoms with van der Waals surface area (Å²) in [7, 11) is -3.40. The molecule has 1 amide bonds. The Balaban J connectivity index is 2.74. The summed E-state index contributed by atoms with van der Waals surface area (Å²) in [6.07, 6.45) is 1.03. The van der Waals surface area contributed by atoms with E-state index in [4.69, 9.17) is 22.1 Å². The highest BCUT2D eigenvalue weighted by molar-refractivity contribution is 7.92. The van der Waals surface area contributed by atoms with Gasteiger partial charge in [-0.15, -0.1) is 0 Å². The van der Waals surface area contributed by atoms with Gasteiger partial charge in [0.1, 0.15) is 6.61 Å². The lowest BCUT2D eigenvalue weighted by Crippen LogP contribution is -2.21. The Morgan fingerprint density at radius 3 is 2.75 bits per heavy atom. The minimum absolute atomic E-state index is 0.155. The van der Waals surface area contributed by atoms with E-state index in [1.54, 1.807) is 0 Å². The topological polar surface area (TPSA) is 111 Å². The van der Waals surface area contributed by atoms with Crippen molar-refractivity contribution in [2.45, 2.75) is 0 Å². The standard InChI is InChI=1S/C11H16ClN3O4S/c1-20(17,18)15-8-2-3-9(12)10(6-8)14-11(16)7-19-5-4-13/h2-3,6,15H,4-5,7,13H2,1H3,(H,14,16). The third-order valence-electron chi connectivity index (χ3n) is 2.04. The van der Waals surface area contributed by atoms with Gasteiger partial charge < -0.3 is 15.8 Å². The average molecular weight is 322 g/mol. The Labute approximate surface area is 122 Å². The van der Waals surface area contributed by atoms with Gasteiger partial charge in [-0.2, -0.15) is 0 Å². The predicted octanol–water partition coefficient (Wildman–Crippen LogP) is 0.625. The Kier molecular flexibility index (Phi) is 6.21. The molecule has 20 heavy (non-hydrogen) atoms. The van der Waals surface area contributed by atoms with Crippen molar-refractivity contribution < 1.29 is 17.9 Å². The molecule has 7 nitrogen and oxygen atoms in total. The molecule has 0 heterocycles. The molecule has 0 bridgehead atoms. The fourth-order valence-electron chi connectivity index (χ4n) is 1.33. The van der Waals surface area contributed by atoms with Crippen LogP contribution >= 0.6 is 11.6 Å². The largest absolute Gasteiger partial charge is 0.370 e. The van der Waals surface area contributed by atoms with Crippen LogP contribution in [0.1, 0.15) is 0 Å². The van der Waals surface area contributed by atoms with E-state index in [-0.39, 0.29) is 18.2 Å². The Morgan fingerprint density at radius 2 is 2.15 bits per heavy atom. The minimum Gasteiger partial charge on any atom is -0.370 e. The van der Waals surface area contributed by atoms with E-state index in [1.807, 2.05) is 0 Å². The molecular weight excluding hydrogens is 306 g/mol. The van der Waals surface area contributed by atoms with E-state index >= 15 is 0 Å². The molecule has 0 aliphatic heterocycles. The van der Waals surface area contributed by atoms with E-state index in [0.717, 1.165) is 6.26 Å². The number of ether oxygens (including phenoxy) is 1. The minimum atomic E-state index is -3.40. The first kappa shape index (κ1) is 16.7. The smallest absolute Gasteiger partial charge is 0.250 e. The van der Waals surface area contributed by atoms with Gasteiger partial charge in [0, 0.05) is 6.54 Å². The summed E-state index contributed by atoms with van der Waals surface area (Å²) in [5.74, 6) is -0.406. The average Bonchev–Trinajstić information content (AvgIpc) is 2.32. The molecule has 9 heteroatoms. The van der Waals surface area contributed by atoms with Gasteiger partial charge in [-0.05, 0) is 18.2 Å². The summed E-state index contributed by atoms with van der Waals surface area (Å²) in [5, 5.41) is 2.81. The molecule has 0 unspecified atom stereocenters. The van der Waals surface area contributed by atoms with Gasteiger partial charge >= 0.3 is 0 Å². The molecule has 0 aromatic heterocycles. The Morgan fingerprint density at radius 1 is 1.45 bits per heavy atom. The van der Waals surface area contributed by atoms with Gasteiger partial charge in [0.15, 0.2) is 0 Å². The van der Waals surface area contributed by atoms with Gasteiger partial charge in [-0.1, -0.05) is 11.6 Å². The van der Waals surface area contributed by atoms with Gasteiger partial charge in [-0.25, -0.2) is 8.42 Å². The Bertz CT molecular complexity index is 577. The zero-order valence-corrected chi connectivity index (χ0v) is 12.4. The van der Waals surface area contributed by atoms with Crippen molar-refractivity contribution in [1.82, 2.24) is 0 Å². The molecule has 0 aliphatic carbocycles. The number of carbonyl (C=O) groups is 1. The van der Waals surface area contributed by atoms with Crippen molar-refractivity contribution in [2.24, 2.45) is 5.73 Å². The van der Waals surface area contributed by atoms with E-state index in [2.05, 4.69) is 10.0 Å². The van der Waals surface area contributed by atoms with Crippen molar-refractivity contribution >= 4 is 38.9 Å². The van der Waals surface area contributed by atoms with E-state index in [1.165, 1.54) is 18.2 Å². The summed E-state index contributed by atoms with van der Waals surface area (Å²) < 4.78 is 29.5. The Hall–Kier alpha value is -1.35. The van der Waals surface area contributed by atoms with Crippen LogP contribution in [-0.4, -0.2) is 40.3 Å². The highest BCUT2D eigenvalue weighted by Crippen LogP contribution is 2.25. The molecule has 1 rings (SSSR count). The summed E-state index contributed by atoms with van der Waals surface area (Å²) in [4.78, 5) is 11.6. The number of sulfonamides is 1. The number of nitrogens with one attached hydrogen (secondary N) is 2. The molecule has 1 aromatic rings. The summed E-state index contributed by atoms with van der Waals surface area (Å²) >= 11 is 5.92. The second-order valence-electron chi connectivity index (χ2n) is 3.96. The number of anilines is 2. The van der Waals surface area contributed by atoms with Gasteiger partial charge in [-0.3, -0.25) is 9.52 Å². The molecule has 0 radical (unpaired) electrons. The molecule has 0 fully saturated rings. The maximum Gasteiger partial charge on any atom is 0.250 e. The van der Waals surface area contributed by atoms with Crippen molar-refractivity contribution in [2.75, 3.05) is 36.1 Å². The van der Waals surface area contributed by atoms with Crippen molar-refractivity contribution in [3.8, 4) is 0 Å². The summed E-state index contributed by atoms with van der Waals surface area (Å²) in [6, 6.07) is 4.39. The maximum atomic E-state index is 11.6. The zero-order valence-electron chi connectivity index (χ0n) is 10.8. The SMILES string of the molecule is CS(=O)(=O)Nc1ccc(Cl)c(NC(=O)COCCN)c1. The lowest BCUT2D eigenvalue weighted by atomic mass is 10.3.